The van der Waals surface area contributed by atoms with Crippen LogP contribution in [0.25, 0.3) is 0 Å². The lowest BCUT2D eigenvalue weighted by Crippen LogP contribution is -2.67. The number of hydrogen-bond donors (Lipinski definition) is 0. The number of esters is 1. The molecule has 2 atom stereocenters. The molecular formula is C23H29NO5. The number of ketones is 1. The Morgan fingerprint density at radius 3 is 2.72 bits per heavy atom. The Morgan fingerprint density at radius 1 is 1.24 bits per heavy atom. The largest absolute Gasteiger partial charge is 0.497 e. The number of nitrogens with zero attached hydrogens (tertiary/aromatic N) is 1. The summed E-state index contributed by atoms with van der Waals surface area (Å²) in [5, 5.41) is 0. The van der Waals surface area contributed by atoms with Crippen LogP contribution in [-0.4, -0.2) is 49.4 Å². The summed E-state index contributed by atoms with van der Waals surface area (Å²) in [7, 11) is 1.59. The van der Waals surface area contributed by atoms with Crippen molar-refractivity contribution in [2.24, 2.45) is 11.3 Å². The molecule has 6 nitrogen and oxygen atoms in total. The molecule has 2 unspecified atom stereocenters. The lowest BCUT2D eigenvalue weighted by Gasteiger charge is -2.55. The minimum Gasteiger partial charge on any atom is -0.497 e. The number of benzene rings is 1. The number of Topliss-reactive ketones (excluding diaryl/α,β-unsaturated/α-hetero) is 1. The number of methoxy groups -OCH3 is 1. The molecule has 3 fully saturated rings. The first kappa shape index (κ1) is 19.9. The van der Waals surface area contributed by atoms with Crippen LogP contribution in [0.2, 0.25) is 0 Å². The molecule has 0 radical (unpaired) electrons. The number of carbonyl (C=O) groups is 3. The first-order valence-corrected chi connectivity index (χ1v) is 10.6. The SMILES string of the molecule is CCOC(=O)C12CCC(=O)CC1(c1cccc(OC)c1)CCN(CC1CC1)C2=O. The van der Waals surface area contributed by atoms with Crippen LogP contribution in [0, 0.1) is 11.3 Å². The number of fused-ring (bicyclic) bond motifs is 1. The van der Waals surface area contributed by atoms with Gasteiger partial charge in [0.25, 0.3) is 0 Å². The summed E-state index contributed by atoms with van der Waals surface area (Å²) in [6.45, 7) is 3.22. The molecule has 156 valence electrons. The zero-order valence-corrected chi connectivity index (χ0v) is 17.2. The molecule has 0 aromatic heterocycles. The quantitative estimate of drug-likeness (QED) is 0.543. The Balaban J connectivity index is 1.86. The van der Waals surface area contributed by atoms with Gasteiger partial charge in [-0.25, -0.2) is 0 Å². The Morgan fingerprint density at radius 2 is 2.03 bits per heavy atom. The highest BCUT2D eigenvalue weighted by molar-refractivity contribution is 6.07. The Labute approximate surface area is 171 Å². The van der Waals surface area contributed by atoms with Crippen LogP contribution in [0.5, 0.6) is 5.75 Å². The second-order valence-electron chi connectivity index (χ2n) is 8.60. The molecule has 3 aliphatic rings. The van der Waals surface area contributed by atoms with Crippen molar-refractivity contribution in [1.82, 2.24) is 4.90 Å². The van der Waals surface area contributed by atoms with E-state index in [1.54, 1.807) is 14.0 Å². The molecule has 1 saturated heterocycles. The highest BCUT2D eigenvalue weighted by Crippen LogP contribution is 2.58. The summed E-state index contributed by atoms with van der Waals surface area (Å²) in [6.07, 6.45) is 3.46. The molecule has 0 bridgehead atoms. The van der Waals surface area contributed by atoms with Crippen LogP contribution in [0.3, 0.4) is 0 Å². The van der Waals surface area contributed by atoms with Gasteiger partial charge in [-0.05, 0) is 56.2 Å². The van der Waals surface area contributed by atoms with Gasteiger partial charge in [-0.15, -0.1) is 0 Å². The van der Waals surface area contributed by atoms with E-state index in [2.05, 4.69) is 0 Å². The highest BCUT2D eigenvalue weighted by Gasteiger charge is 2.68. The average Bonchev–Trinajstić information content (AvgIpc) is 3.54. The molecule has 2 aliphatic carbocycles. The van der Waals surface area contributed by atoms with E-state index in [0.29, 0.717) is 31.2 Å². The minimum atomic E-state index is -1.35. The van der Waals surface area contributed by atoms with Gasteiger partial charge in [-0.1, -0.05) is 12.1 Å². The molecule has 0 N–H and O–H groups in total. The molecule has 1 aromatic carbocycles. The van der Waals surface area contributed by atoms with Crippen molar-refractivity contribution in [2.45, 2.75) is 50.9 Å². The molecule has 0 spiro atoms. The van der Waals surface area contributed by atoms with Gasteiger partial charge in [0, 0.05) is 31.3 Å². The van der Waals surface area contributed by atoms with E-state index in [1.165, 1.54) is 0 Å². The maximum Gasteiger partial charge on any atom is 0.322 e. The van der Waals surface area contributed by atoms with Crippen LogP contribution in [0.4, 0.5) is 0 Å². The lowest BCUT2D eigenvalue weighted by atomic mass is 9.49. The maximum atomic E-state index is 13.9. The predicted molar refractivity (Wildman–Crippen MR) is 107 cm³/mol. The number of rotatable bonds is 6. The lowest BCUT2D eigenvalue weighted by molar-refractivity contribution is -0.181. The molecule has 1 heterocycles. The number of carbonyl (C=O) groups excluding carboxylic acids is 3. The number of likely N-dealkylation sites (tertiary alicyclic amines) is 1. The standard InChI is InChI=1S/C23H29NO5/c1-3-29-21(27)23-10-9-18(25)14-22(23,17-5-4-6-19(13-17)28-2)11-12-24(20(23)26)15-16-7-8-16/h4-6,13,16H,3,7-12,14-15H2,1-2H3. The normalized spacial score (nSPS) is 29.4. The molecule has 2 saturated carbocycles. The summed E-state index contributed by atoms with van der Waals surface area (Å²) in [6, 6.07) is 7.48. The van der Waals surface area contributed by atoms with Gasteiger partial charge < -0.3 is 14.4 Å². The van der Waals surface area contributed by atoms with E-state index >= 15 is 0 Å². The third-order valence-electron chi connectivity index (χ3n) is 6.98. The highest BCUT2D eigenvalue weighted by atomic mass is 16.5. The second-order valence-corrected chi connectivity index (χ2v) is 8.60. The molecule has 1 amide bonds. The Hall–Kier alpha value is -2.37. The van der Waals surface area contributed by atoms with E-state index in [0.717, 1.165) is 18.4 Å². The number of piperidine rings is 1. The Bertz CT molecular complexity index is 832. The van der Waals surface area contributed by atoms with Crippen molar-refractivity contribution in [3.05, 3.63) is 29.8 Å². The molecule has 4 rings (SSSR count). The van der Waals surface area contributed by atoms with Crippen molar-refractivity contribution in [3.8, 4) is 5.75 Å². The monoisotopic (exact) mass is 399 g/mol. The van der Waals surface area contributed by atoms with E-state index in [-0.39, 0.29) is 37.6 Å². The van der Waals surface area contributed by atoms with E-state index in [1.807, 2.05) is 29.2 Å². The van der Waals surface area contributed by atoms with Crippen molar-refractivity contribution in [3.63, 3.8) is 0 Å². The smallest absolute Gasteiger partial charge is 0.322 e. The molecule has 1 aliphatic heterocycles. The Kier molecular flexibility index (Phi) is 5.13. The van der Waals surface area contributed by atoms with Gasteiger partial charge in [0.15, 0.2) is 5.41 Å². The van der Waals surface area contributed by atoms with Gasteiger partial charge in [0.2, 0.25) is 5.91 Å². The number of amides is 1. The van der Waals surface area contributed by atoms with Gasteiger partial charge in [0.1, 0.15) is 11.5 Å². The van der Waals surface area contributed by atoms with Crippen LogP contribution >= 0.6 is 0 Å². The van der Waals surface area contributed by atoms with Gasteiger partial charge in [-0.3, -0.25) is 14.4 Å². The fraction of sp³-hybridized carbons (Fsp3) is 0.609. The summed E-state index contributed by atoms with van der Waals surface area (Å²) in [4.78, 5) is 41.8. The zero-order chi connectivity index (χ0) is 20.6. The predicted octanol–water partition coefficient (Wildman–Crippen LogP) is 2.88. The van der Waals surface area contributed by atoms with E-state index in [9.17, 15) is 14.4 Å². The topological polar surface area (TPSA) is 72.9 Å². The van der Waals surface area contributed by atoms with Gasteiger partial charge in [-0.2, -0.15) is 0 Å². The summed E-state index contributed by atoms with van der Waals surface area (Å²) in [5.74, 6) is 0.634. The first-order chi connectivity index (χ1) is 14.0. The van der Waals surface area contributed by atoms with E-state index < -0.39 is 16.8 Å². The first-order valence-electron chi connectivity index (χ1n) is 10.6. The van der Waals surface area contributed by atoms with Crippen molar-refractivity contribution >= 4 is 17.7 Å². The van der Waals surface area contributed by atoms with E-state index in [4.69, 9.17) is 9.47 Å². The minimum absolute atomic E-state index is 0.0937. The summed E-state index contributed by atoms with van der Waals surface area (Å²) in [5.41, 5.74) is -1.42. The van der Waals surface area contributed by atoms with Crippen LogP contribution in [-0.2, 0) is 24.5 Å². The van der Waals surface area contributed by atoms with Gasteiger partial charge in [0.05, 0.1) is 13.7 Å². The zero-order valence-electron chi connectivity index (χ0n) is 17.2. The second kappa shape index (κ2) is 7.47. The third-order valence-corrected chi connectivity index (χ3v) is 6.98. The van der Waals surface area contributed by atoms with Crippen molar-refractivity contribution in [2.75, 3.05) is 26.8 Å². The number of ether oxygens (including phenoxy) is 2. The molecule has 1 aromatic rings. The third kappa shape index (κ3) is 3.13. The summed E-state index contributed by atoms with van der Waals surface area (Å²) >= 11 is 0. The molecular weight excluding hydrogens is 370 g/mol. The van der Waals surface area contributed by atoms with Crippen LogP contribution in [0.15, 0.2) is 24.3 Å². The molecule has 6 heteroatoms. The fourth-order valence-electron chi connectivity index (χ4n) is 5.29. The summed E-state index contributed by atoms with van der Waals surface area (Å²) < 4.78 is 10.9. The maximum absolute atomic E-state index is 13.9. The average molecular weight is 399 g/mol. The van der Waals surface area contributed by atoms with Gasteiger partial charge >= 0.3 is 5.97 Å². The van der Waals surface area contributed by atoms with Crippen LogP contribution in [0.1, 0.15) is 51.0 Å². The van der Waals surface area contributed by atoms with Crippen molar-refractivity contribution < 1.29 is 23.9 Å². The van der Waals surface area contributed by atoms with Crippen LogP contribution < -0.4 is 4.74 Å². The van der Waals surface area contributed by atoms with Crippen molar-refractivity contribution in [1.29, 1.82) is 0 Å². The fourth-order valence-corrected chi connectivity index (χ4v) is 5.29. The molecule has 29 heavy (non-hydrogen) atoms. The number of hydrogen-bond acceptors (Lipinski definition) is 5.